The number of ether oxygens (including phenoxy) is 3. The zero-order chi connectivity index (χ0) is 49.8. The van der Waals surface area contributed by atoms with Gasteiger partial charge in [0.1, 0.15) is 53.8 Å². The van der Waals surface area contributed by atoms with Gasteiger partial charge in [0.05, 0.1) is 69.5 Å². The maximum absolute atomic E-state index is 10.3. The zero-order valence-electron chi connectivity index (χ0n) is 41.1. The molecule has 0 bridgehead atoms. The van der Waals surface area contributed by atoms with Gasteiger partial charge in [0.15, 0.2) is 17.5 Å². The number of nitrogens with two attached hydrogens (primary N) is 3. The number of fused-ring (bicyclic) bond motifs is 9. The van der Waals surface area contributed by atoms with Crippen molar-refractivity contribution in [1.29, 1.82) is 0 Å². The Morgan fingerprint density at radius 3 is 0.899 bits per heavy atom. The maximum Gasteiger partial charge on any atom is 0.152 e. The van der Waals surface area contributed by atoms with E-state index < -0.39 is 16.8 Å². The summed E-state index contributed by atoms with van der Waals surface area (Å²) in [4.78, 5) is 27.2. The van der Waals surface area contributed by atoms with Gasteiger partial charge in [-0.15, -0.1) is 0 Å². The van der Waals surface area contributed by atoms with E-state index in [1.54, 1.807) is 41.5 Å². The first-order valence-electron chi connectivity index (χ1n) is 23.2. The summed E-state index contributed by atoms with van der Waals surface area (Å²) in [6.07, 6.45) is 0. The number of aromatic nitrogens is 9. The van der Waals surface area contributed by atoms with Gasteiger partial charge >= 0.3 is 0 Å². The number of rotatable bonds is 15. The molecule has 6 heterocycles. The first kappa shape index (κ1) is 50.3. The zero-order valence-corrected chi connectivity index (χ0v) is 41.1. The second-order valence-corrected chi connectivity index (χ2v) is 18.8. The molecule has 0 atom stereocenters. The highest BCUT2D eigenvalue weighted by atomic mass is 16.5. The Hall–Kier alpha value is -6.54. The largest absolute Gasteiger partial charge is 0.389 e. The number of nitrogens with zero attached hydrogens (tertiary/aromatic N) is 9. The van der Waals surface area contributed by atoms with Crippen molar-refractivity contribution in [2.75, 3.05) is 37.0 Å². The molecule has 366 valence electrons. The summed E-state index contributed by atoms with van der Waals surface area (Å²) >= 11 is 0. The summed E-state index contributed by atoms with van der Waals surface area (Å²) in [5.41, 5.74) is 22.8. The molecule has 18 heteroatoms. The van der Waals surface area contributed by atoms with Crippen LogP contribution >= 0.6 is 0 Å². The van der Waals surface area contributed by atoms with Gasteiger partial charge in [-0.3, -0.25) is 0 Å². The van der Waals surface area contributed by atoms with Crippen LogP contribution in [0.1, 0.15) is 79.8 Å². The minimum absolute atomic E-state index is 0.370. The minimum atomic E-state index is -0.881. The Bertz CT molecular complexity index is 2890. The van der Waals surface area contributed by atoms with Gasteiger partial charge in [0, 0.05) is 36.0 Å². The number of nitrogen functional groups attached to an aromatic ring is 3. The van der Waals surface area contributed by atoms with Gasteiger partial charge in [0.25, 0.3) is 0 Å². The number of hydrogen-bond acceptors (Lipinski definition) is 15. The van der Waals surface area contributed by atoms with E-state index in [4.69, 9.17) is 31.4 Å². The molecule has 9 rings (SSSR count). The molecule has 6 aromatic heterocycles. The lowest BCUT2D eigenvalue weighted by atomic mass is 10.1. The summed E-state index contributed by atoms with van der Waals surface area (Å²) in [6, 6.07) is 23.4. The topological polar surface area (TPSA) is 259 Å². The Kier molecular flexibility index (Phi) is 15.0. The van der Waals surface area contributed by atoms with E-state index in [0.717, 1.165) is 66.7 Å². The standard InChI is InChI=1S/3C17H22N4O2/c3*1-4-23-9-13-20-14-15(21(13)10-17(2,3)22)11-7-5-6-8-12(11)19-16(14)18/h3*5-8,22H,4,9-10H2,1-3H3,(H2,18,19). The first-order chi connectivity index (χ1) is 32.7. The van der Waals surface area contributed by atoms with Crippen molar-refractivity contribution in [2.24, 2.45) is 0 Å². The van der Waals surface area contributed by atoms with E-state index >= 15 is 0 Å². The van der Waals surface area contributed by atoms with E-state index in [1.807, 2.05) is 107 Å². The van der Waals surface area contributed by atoms with E-state index in [-0.39, 0.29) is 0 Å². The lowest BCUT2D eigenvalue weighted by Crippen LogP contribution is -2.27. The lowest BCUT2D eigenvalue weighted by molar-refractivity contribution is 0.0576. The average Bonchev–Trinajstić information content (AvgIpc) is 3.95. The molecular weight excluding hydrogens is 877 g/mol. The summed E-state index contributed by atoms with van der Waals surface area (Å²) in [5, 5.41) is 33.8. The number of para-hydroxylation sites is 3. The van der Waals surface area contributed by atoms with Gasteiger partial charge < -0.3 is 60.4 Å². The fourth-order valence-electron chi connectivity index (χ4n) is 8.30. The Morgan fingerprint density at radius 2 is 0.667 bits per heavy atom. The van der Waals surface area contributed by atoms with Crippen molar-refractivity contribution >= 4 is 83.3 Å². The summed E-state index contributed by atoms with van der Waals surface area (Å²) in [7, 11) is 0. The third kappa shape index (κ3) is 11.5. The van der Waals surface area contributed by atoms with Crippen LogP contribution in [-0.2, 0) is 53.7 Å². The monoisotopic (exact) mass is 943 g/mol. The number of benzene rings is 3. The first-order valence-corrected chi connectivity index (χ1v) is 23.2. The second-order valence-electron chi connectivity index (χ2n) is 18.8. The van der Waals surface area contributed by atoms with Crippen molar-refractivity contribution in [3.05, 3.63) is 90.3 Å². The lowest BCUT2D eigenvalue weighted by Gasteiger charge is -2.20. The molecule has 0 saturated heterocycles. The Balaban J connectivity index is 0.000000153. The van der Waals surface area contributed by atoms with Crippen molar-refractivity contribution in [3.63, 3.8) is 0 Å². The van der Waals surface area contributed by atoms with Crippen LogP contribution in [0.4, 0.5) is 17.5 Å². The normalized spacial score (nSPS) is 12.3. The SMILES string of the molecule is CCOCc1nc2c(N)nc3ccccc3c2n1CC(C)(C)O.CCOCc1nc2c(N)nc3ccccc3c2n1CC(C)(C)O.CCOCc1nc2c(N)nc3ccccc3c2n1CC(C)(C)O. The molecule has 18 nitrogen and oxygen atoms in total. The van der Waals surface area contributed by atoms with Crippen LogP contribution in [0.3, 0.4) is 0 Å². The van der Waals surface area contributed by atoms with Gasteiger partial charge in [-0.05, 0) is 80.5 Å². The highest BCUT2D eigenvalue weighted by Gasteiger charge is 2.25. The molecule has 9 aromatic rings. The highest BCUT2D eigenvalue weighted by Crippen LogP contribution is 2.33. The molecule has 0 saturated carbocycles. The van der Waals surface area contributed by atoms with Crippen molar-refractivity contribution in [3.8, 4) is 0 Å². The molecule has 0 radical (unpaired) electrons. The van der Waals surface area contributed by atoms with Crippen molar-refractivity contribution in [1.82, 2.24) is 43.6 Å². The van der Waals surface area contributed by atoms with Crippen molar-refractivity contribution < 1.29 is 29.5 Å². The predicted octanol–water partition coefficient (Wildman–Crippen LogP) is 7.42. The molecule has 0 aliphatic rings. The van der Waals surface area contributed by atoms with Crippen LogP contribution in [0.25, 0.3) is 65.8 Å². The minimum Gasteiger partial charge on any atom is -0.389 e. The van der Waals surface area contributed by atoms with Crippen LogP contribution in [0.5, 0.6) is 0 Å². The fraction of sp³-hybridized carbons (Fsp3) is 0.412. The van der Waals surface area contributed by atoms with E-state index in [2.05, 4.69) is 29.9 Å². The molecule has 0 fully saturated rings. The molecule has 0 spiro atoms. The number of anilines is 3. The third-order valence-corrected chi connectivity index (χ3v) is 11.0. The second kappa shape index (κ2) is 20.6. The summed E-state index contributed by atoms with van der Waals surface area (Å²) in [6.45, 7) is 20.6. The van der Waals surface area contributed by atoms with Crippen LogP contribution in [0.2, 0.25) is 0 Å². The van der Waals surface area contributed by atoms with Crippen LogP contribution in [0, 0.1) is 0 Å². The average molecular weight is 943 g/mol. The number of aliphatic hydroxyl groups is 3. The maximum atomic E-state index is 10.3. The Labute approximate surface area is 401 Å². The molecular formula is C51H66N12O6. The molecule has 69 heavy (non-hydrogen) atoms. The van der Waals surface area contributed by atoms with Gasteiger partial charge in [0.2, 0.25) is 0 Å². The van der Waals surface area contributed by atoms with Gasteiger partial charge in [-0.1, -0.05) is 54.6 Å². The quantitative estimate of drug-likeness (QED) is 0.0584. The van der Waals surface area contributed by atoms with Gasteiger partial charge in [-0.2, -0.15) is 0 Å². The molecule has 0 aliphatic carbocycles. The van der Waals surface area contributed by atoms with Crippen LogP contribution in [-0.4, -0.2) is 95.5 Å². The highest BCUT2D eigenvalue weighted by molar-refractivity contribution is 6.08. The van der Waals surface area contributed by atoms with E-state index in [1.165, 1.54) is 0 Å². The molecule has 0 aliphatic heterocycles. The summed E-state index contributed by atoms with van der Waals surface area (Å²) < 4.78 is 22.6. The molecule has 0 amide bonds. The van der Waals surface area contributed by atoms with E-state index in [0.29, 0.717) is 93.3 Å². The third-order valence-electron chi connectivity index (χ3n) is 11.0. The molecule has 9 N–H and O–H groups in total. The van der Waals surface area contributed by atoms with E-state index in [9.17, 15) is 15.3 Å². The van der Waals surface area contributed by atoms with Crippen molar-refractivity contribution in [2.45, 2.75) is 119 Å². The fourth-order valence-corrected chi connectivity index (χ4v) is 8.30. The van der Waals surface area contributed by atoms with Gasteiger partial charge in [-0.25, -0.2) is 29.9 Å². The number of imidazole rings is 3. The van der Waals surface area contributed by atoms with Crippen LogP contribution < -0.4 is 17.2 Å². The molecule has 3 aromatic carbocycles. The predicted molar refractivity (Wildman–Crippen MR) is 273 cm³/mol. The smallest absolute Gasteiger partial charge is 0.152 e. The van der Waals surface area contributed by atoms with Crippen LogP contribution in [0.15, 0.2) is 72.8 Å². The number of pyridine rings is 3. The molecule has 0 unspecified atom stereocenters. The number of hydrogen-bond donors (Lipinski definition) is 6. The summed E-state index contributed by atoms with van der Waals surface area (Å²) in [5.74, 6) is 3.42. The Morgan fingerprint density at radius 1 is 0.420 bits per heavy atom.